The Balaban J connectivity index is 1.47. The summed E-state index contributed by atoms with van der Waals surface area (Å²) in [5.74, 6) is 1.30. The summed E-state index contributed by atoms with van der Waals surface area (Å²) < 4.78 is 39.4. The van der Waals surface area contributed by atoms with Crippen LogP contribution in [0.2, 0.25) is 0 Å². The van der Waals surface area contributed by atoms with E-state index < -0.39 is 10.0 Å². The molecule has 0 saturated carbocycles. The van der Waals surface area contributed by atoms with Crippen LogP contribution in [-0.2, 0) is 21.2 Å². The molecule has 1 atom stereocenters. The zero-order valence-electron chi connectivity index (χ0n) is 21.1. The van der Waals surface area contributed by atoms with Crippen molar-refractivity contribution in [3.63, 3.8) is 0 Å². The topological polar surface area (TPSA) is 84.9 Å². The summed E-state index contributed by atoms with van der Waals surface area (Å²) in [4.78, 5) is 13.2. The van der Waals surface area contributed by atoms with Crippen molar-refractivity contribution in [3.05, 3.63) is 53.1 Å². The number of nitrogens with zero attached hydrogens (tertiary/aromatic N) is 1. The van der Waals surface area contributed by atoms with Crippen LogP contribution in [0.25, 0.3) is 0 Å². The average molecular weight is 501 g/mol. The van der Waals surface area contributed by atoms with Crippen molar-refractivity contribution in [1.29, 1.82) is 0 Å². The maximum Gasteiger partial charge on any atom is 0.243 e. The van der Waals surface area contributed by atoms with Crippen molar-refractivity contribution >= 4 is 15.9 Å². The third kappa shape index (κ3) is 5.81. The second-order valence-electron chi connectivity index (χ2n) is 10.2. The first-order valence-electron chi connectivity index (χ1n) is 12.3. The first kappa shape index (κ1) is 25.5. The number of carbonyl (C=O) groups is 1. The molecule has 2 aromatic carbocycles. The lowest BCUT2D eigenvalue weighted by Crippen LogP contribution is -2.41. The molecular formula is C27H36N2O5S. The number of carbonyl (C=O) groups excluding carboxylic acids is 1. The van der Waals surface area contributed by atoms with Gasteiger partial charge in [-0.05, 0) is 75.4 Å². The molecule has 190 valence electrons. The number of amides is 1. The summed E-state index contributed by atoms with van der Waals surface area (Å²) in [6.07, 6.45) is 4.10. The second-order valence-corrected chi connectivity index (χ2v) is 12.1. The van der Waals surface area contributed by atoms with E-state index >= 15 is 0 Å². The van der Waals surface area contributed by atoms with Gasteiger partial charge in [-0.15, -0.1) is 0 Å². The van der Waals surface area contributed by atoms with E-state index in [1.165, 1.54) is 0 Å². The van der Waals surface area contributed by atoms with Gasteiger partial charge in [-0.3, -0.25) is 4.79 Å². The summed E-state index contributed by atoms with van der Waals surface area (Å²) in [5.41, 5.74) is 2.41. The van der Waals surface area contributed by atoms with E-state index in [0.717, 1.165) is 36.1 Å². The minimum Gasteiger partial charge on any atom is -0.496 e. The Kier molecular flexibility index (Phi) is 7.43. The Bertz CT molecular complexity index is 1190. The van der Waals surface area contributed by atoms with Crippen LogP contribution >= 0.6 is 0 Å². The molecule has 1 N–H and O–H groups in total. The minimum absolute atomic E-state index is 0.0921. The molecule has 0 bridgehead atoms. The largest absolute Gasteiger partial charge is 0.496 e. The molecule has 2 aliphatic rings. The highest BCUT2D eigenvalue weighted by molar-refractivity contribution is 7.89. The smallest absolute Gasteiger partial charge is 0.243 e. The second kappa shape index (κ2) is 10.2. The molecule has 2 aliphatic heterocycles. The third-order valence-electron chi connectivity index (χ3n) is 6.79. The van der Waals surface area contributed by atoms with Crippen LogP contribution in [0.15, 0.2) is 41.3 Å². The van der Waals surface area contributed by atoms with Crippen LogP contribution in [0.5, 0.6) is 11.5 Å². The predicted octanol–water partition coefficient (Wildman–Crippen LogP) is 4.53. The number of benzene rings is 2. The summed E-state index contributed by atoms with van der Waals surface area (Å²) >= 11 is 0. The number of sulfonamides is 1. The Morgan fingerprint density at radius 1 is 1.14 bits per heavy atom. The molecule has 0 aliphatic carbocycles. The Morgan fingerprint density at radius 2 is 1.89 bits per heavy atom. The minimum atomic E-state index is -3.56. The quantitative estimate of drug-likeness (QED) is 0.604. The number of fused-ring (bicyclic) bond motifs is 1. The fourth-order valence-corrected chi connectivity index (χ4v) is 6.54. The fraction of sp³-hybridized carbons (Fsp3) is 0.519. The van der Waals surface area contributed by atoms with Crippen LogP contribution in [-0.4, -0.2) is 44.4 Å². The number of piperidine rings is 1. The molecule has 1 fully saturated rings. The number of hydrogen-bond acceptors (Lipinski definition) is 5. The van der Waals surface area contributed by atoms with E-state index in [4.69, 9.17) is 9.47 Å². The molecule has 0 spiro atoms. The lowest BCUT2D eigenvalue weighted by molar-refractivity contribution is -0.122. The zero-order valence-corrected chi connectivity index (χ0v) is 21.9. The van der Waals surface area contributed by atoms with Gasteiger partial charge in [-0.2, -0.15) is 4.31 Å². The summed E-state index contributed by atoms with van der Waals surface area (Å²) in [6, 6.07) is 10.8. The van der Waals surface area contributed by atoms with Crippen LogP contribution < -0.4 is 14.8 Å². The molecule has 0 radical (unpaired) electrons. The lowest BCUT2D eigenvalue weighted by atomic mass is 9.89. The van der Waals surface area contributed by atoms with E-state index in [-0.39, 0.29) is 28.9 Å². The van der Waals surface area contributed by atoms with Gasteiger partial charge in [0.1, 0.15) is 17.1 Å². The molecule has 2 aromatic rings. The van der Waals surface area contributed by atoms with Crippen molar-refractivity contribution in [2.45, 2.75) is 75.8 Å². The molecule has 4 rings (SSSR count). The molecule has 7 nitrogen and oxygen atoms in total. The van der Waals surface area contributed by atoms with Gasteiger partial charge in [-0.1, -0.05) is 18.6 Å². The van der Waals surface area contributed by atoms with E-state index in [1.807, 2.05) is 39.0 Å². The molecule has 35 heavy (non-hydrogen) atoms. The van der Waals surface area contributed by atoms with E-state index in [1.54, 1.807) is 29.6 Å². The highest BCUT2D eigenvalue weighted by Gasteiger charge is 2.34. The van der Waals surface area contributed by atoms with Crippen LogP contribution in [0.1, 0.15) is 68.7 Å². The number of rotatable bonds is 7. The number of nitrogens with one attached hydrogen (secondary N) is 1. The first-order chi connectivity index (χ1) is 16.6. The number of aryl methyl sites for hydroxylation is 2. The molecule has 1 saturated heterocycles. The van der Waals surface area contributed by atoms with Crippen molar-refractivity contribution in [1.82, 2.24) is 9.62 Å². The Morgan fingerprint density at radius 3 is 2.60 bits per heavy atom. The zero-order chi connectivity index (χ0) is 25.2. The third-order valence-corrected chi connectivity index (χ3v) is 8.68. The van der Waals surface area contributed by atoms with Gasteiger partial charge in [0, 0.05) is 31.5 Å². The summed E-state index contributed by atoms with van der Waals surface area (Å²) in [7, 11) is -2.00. The van der Waals surface area contributed by atoms with Gasteiger partial charge in [0.15, 0.2) is 0 Å². The highest BCUT2D eigenvalue weighted by Crippen LogP contribution is 2.40. The van der Waals surface area contributed by atoms with Crippen molar-refractivity contribution < 1.29 is 22.7 Å². The van der Waals surface area contributed by atoms with Gasteiger partial charge in [0.2, 0.25) is 15.9 Å². The fourth-order valence-electron chi connectivity index (χ4n) is 4.97. The van der Waals surface area contributed by atoms with E-state index in [0.29, 0.717) is 37.2 Å². The van der Waals surface area contributed by atoms with Crippen LogP contribution in [0, 0.1) is 6.92 Å². The average Bonchev–Trinajstić information content (AvgIpc) is 2.82. The number of hydrogen-bond donors (Lipinski definition) is 1. The lowest BCUT2D eigenvalue weighted by Gasteiger charge is -2.38. The Hall–Kier alpha value is -2.58. The van der Waals surface area contributed by atoms with Gasteiger partial charge in [0.25, 0.3) is 0 Å². The van der Waals surface area contributed by atoms with Crippen molar-refractivity contribution in [3.8, 4) is 11.5 Å². The van der Waals surface area contributed by atoms with E-state index in [2.05, 4.69) is 5.32 Å². The monoisotopic (exact) mass is 500 g/mol. The number of ether oxygens (including phenoxy) is 2. The summed E-state index contributed by atoms with van der Waals surface area (Å²) in [6.45, 7) is 7.17. The van der Waals surface area contributed by atoms with Crippen LogP contribution in [0.3, 0.4) is 0 Å². The maximum atomic E-state index is 13.1. The molecule has 2 heterocycles. The Labute approximate surface area is 208 Å². The molecule has 1 amide bonds. The normalized spacial score (nSPS) is 19.9. The van der Waals surface area contributed by atoms with Gasteiger partial charge in [0.05, 0.1) is 18.0 Å². The standard InChI is InChI=1S/C27H36N2O5S/c1-19-8-11-22-23(18-27(2,3)34-25(22)16-19)28-26(30)13-9-20-17-21(10-12-24(20)33-4)35(31,32)29-14-6-5-7-15-29/h8,10-12,16-17,23H,5-7,9,13-15,18H2,1-4H3,(H,28,30). The summed E-state index contributed by atoms with van der Waals surface area (Å²) in [5, 5.41) is 3.17. The predicted molar refractivity (Wildman–Crippen MR) is 135 cm³/mol. The number of methoxy groups -OCH3 is 1. The highest BCUT2D eigenvalue weighted by atomic mass is 32.2. The van der Waals surface area contributed by atoms with Crippen molar-refractivity contribution in [2.24, 2.45) is 0 Å². The van der Waals surface area contributed by atoms with Gasteiger partial charge < -0.3 is 14.8 Å². The SMILES string of the molecule is COc1ccc(S(=O)(=O)N2CCCCC2)cc1CCC(=O)NC1CC(C)(C)Oc2cc(C)ccc21. The molecule has 8 heteroatoms. The van der Waals surface area contributed by atoms with Crippen molar-refractivity contribution in [2.75, 3.05) is 20.2 Å². The van der Waals surface area contributed by atoms with Gasteiger partial charge in [-0.25, -0.2) is 8.42 Å². The maximum absolute atomic E-state index is 13.1. The molecule has 1 unspecified atom stereocenters. The molecular weight excluding hydrogens is 464 g/mol. The first-order valence-corrected chi connectivity index (χ1v) is 13.8. The van der Waals surface area contributed by atoms with Gasteiger partial charge >= 0.3 is 0 Å². The van der Waals surface area contributed by atoms with Crippen LogP contribution in [0.4, 0.5) is 0 Å². The van der Waals surface area contributed by atoms with E-state index in [9.17, 15) is 13.2 Å². The molecule has 0 aromatic heterocycles.